The SMILES string of the molecule is O=C(CCCCCl)NCc1ccc2c(c1)OCO2. The Kier molecular flexibility index (Phi) is 4.70. The number of carbonyl (C=O) groups excluding carboxylic acids is 1. The predicted molar refractivity (Wildman–Crippen MR) is 69.0 cm³/mol. The zero-order valence-corrected chi connectivity index (χ0v) is 10.8. The van der Waals surface area contributed by atoms with E-state index in [-0.39, 0.29) is 12.7 Å². The summed E-state index contributed by atoms with van der Waals surface area (Å²) in [6, 6.07) is 5.67. The first-order valence-electron chi connectivity index (χ1n) is 6.01. The van der Waals surface area contributed by atoms with Gasteiger partial charge in [0.05, 0.1) is 0 Å². The molecule has 0 spiro atoms. The van der Waals surface area contributed by atoms with Crippen molar-refractivity contribution in [1.29, 1.82) is 0 Å². The van der Waals surface area contributed by atoms with Gasteiger partial charge < -0.3 is 14.8 Å². The molecule has 0 aliphatic carbocycles. The number of alkyl halides is 1. The lowest BCUT2D eigenvalue weighted by Crippen LogP contribution is -2.22. The number of halogens is 1. The van der Waals surface area contributed by atoms with Crippen LogP contribution in [0.1, 0.15) is 24.8 Å². The maximum atomic E-state index is 11.5. The van der Waals surface area contributed by atoms with Crippen molar-refractivity contribution in [2.75, 3.05) is 12.7 Å². The van der Waals surface area contributed by atoms with E-state index in [0.717, 1.165) is 29.9 Å². The number of benzene rings is 1. The standard InChI is InChI=1S/C13H16ClNO3/c14-6-2-1-3-13(16)15-8-10-4-5-11-12(7-10)18-9-17-11/h4-5,7H,1-3,6,8-9H2,(H,15,16). The van der Waals surface area contributed by atoms with Gasteiger partial charge in [0.15, 0.2) is 11.5 Å². The van der Waals surface area contributed by atoms with E-state index >= 15 is 0 Å². The van der Waals surface area contributed by atoms with Crippen LogP contribution in [-0.2, 0) is 11.3 Å². The Hall–Kier alpha value is -1.42. The largest absolute Gasteiger partial charge is 0.454 e. The van der Waals surface area contributed by atoms with Crippen molar-refractivity contribution in [3.63, 3.8) is 0 Å². The van der Waals surface area contributed by atoms with E-state index < -0.39 is 0 Å². The van der Waals surface area contributed by atoms with Gasteiger partial charge in [0, 0.05) is 18.8 Å². The fourth-order valence-corrected chi connectivity index (χ4v) is 1.91. The number of fused-ring (bicyclic) bond motifs is 1. The third-order valence-corrected chi connectivity index (χ3v) is 2.98. The molecular weight excluding hydrogens is 254 g/mol. The fraction of sp³-hybridized carbons (Fsp3) is 0.462. The number of hydrogen-bond donors (Lipinski definition) is 1. The van der Waals surface area contributed by atoms with E-state index in [1.54, 1.807) is 0 Å². The predicted octanol–water partition coefficient (Wildman–Crippen LogP) is 2.44. The Bertz CT molecular complexity index is 423. The Morgan fingerprint density at radius 1 is 1.28 bits per heavy atom. The first-order chi connectivity index (χ1) is 8.79. The second kappa shape index (κ2) is 6.50. The van der Waals surface area contributed by atoms with Crippen molar-refractivity contribution in [2.45, 2.75) is 25.8 Å². The summed E-state index contributed by atoms with van der Waals surface area (Å²) in [6.07, 6.45) is 2.23. The number of unbranched alkanes of at least 4 members (excludes halogenated alkanes) is 1. The fourth-order valence-electron chi connectivity index (χ4n) is 1.72. The Labute approximate surface area is 111 Å². The Balaban J connectivity index is 1.78. The number of rotatable bonds is 6. The molecule has 0 bridgehead atoms. The quantitative estimate of drug-likeness (QED) is 0.637. The van der Waals surface area contributed by atoms with Crippen molar-refractivity contribution in [1.82, 2.24) is 5.32 Å². The summed E-state index contributed by atoms with van der Waals surface area (Å²) in [6.45, 7) is 0.778. The van der Waals surface area contributed by atoms with Crippen LogP contribution in [0, 0.1) is 0 Å². The van der Waals surface area contributed by atoms with Gasteiger partial charge in [-0.05, 0) is 30.5 Å². The third kappa shape index (κ3) is 3.53. The van der Waals surface area contributed by atoms with E-state index in [4.69, 9.17) is 21.1 Å². The van der Waals surface area contributed by atoms with Gasteiger partial charge in [0.25, 0.3) is 0 Å². The monoisotopic (exact) mass is 269 g/mol. The first-order valence-corrected chi connectivity index (χ1v) is 6.54. The molecule has 1 N–H and O–H groups in total. The summed E-state index contributed by atoms with van der Waals surface area (Å²) in [5.74, 6) is 2.16. The second-order valence-electron chi connectivity index (χ2n) is 4.11. The highest BCUT2D eigenvalue weighted by Crippen LogP contribution is 2.32. The summed E-state index contributed by atoms with van der Waals surface area (Å²) in [5, 5.41) is 2.87. The molecule has 0 unspecified atom stereocenters. The Morgan fingerprint density at radius 2 is 2.11 bits per heavy atom. The smallest absolute Gasteiger partial charge is 0.231 e. The molecule has 1 heterocycles. The van der Waals surface area contributed by atoms with Crippen LogP contribution < -0.4 is 14.8 Å². The van der Waals surface area contributed by atoms with Crippen LogP contribution in [0.3, 0.4) is 0 Å². The number of hydrogen-bond acceptors (Lipinski definition) is 3. The number of amides is 1. The molecule has 4 nitrogen and oxygen atoms in total. The highest BCUT2D eigenvalue weighted by atomic mass is 35.5. The van der Waals surface area contributed by atoms with Gasteiger partial charge in [-0.25, -0.2) is 0 Å². The molecule has 98 valence electrons. The summed E-state index contributed by atoms with van der Waals surface area (Å²) < 4.78 is 10.5. The average Bonchev–Trinajstić information content (AvgIpc) is 2.84. The van der Waals surface area contributed by atoms with E-state index in [1.165, 1.54) is 0 Å². The molecule has 1 aliphatic heterocycles. The summed E-state index contributed by atoms with van der Waals surface area (Å²) in [4.78, 5) is 11.5. The van der Waals surface area contributed by atoms with Crippen molar-refractivity contribution >= 4 is 17.5 Å². The van der Waals surface area contributed by atoms with E-state index in [0.29, 0.717) is 18.8 Å². The maximum Gasteiger partial charge on any atom is 0.231 e. The lowest BCUT2D eigenvalue weighted by Gasteiger charge is -2.06. The highest BCUT2D eigenvalue weighted by Gasteiger charge is 2.13. The van der Waals surface area contributed by atoms with Crippen LogP contribution in [0.25, 0.3) is 0 Å². The summed E-state index contributed by atoms with van der Waals surface area (Å²) in [7, 11) is 0. The molecule has 1 aliphatic rings. The van der Waals surface area contributed by atoms with Gasteiger partial charge in [-0.2, -0.15) is 0 Å². The van der Waals surface area contributed by atoms with Crippen LogP contribution in [0.5, 0.6) is 11.5 Å². The molecule has 1 amide bonds. The molecule has 0 saturated carbocycles. The Morgan fingerprint density at radius 3 is 2.94 bits per heavy atom. The van der Waals surface area contributed by atoms with Crippen LogP contribution in [0.15, 0.2) is 18.2 Å². The lowest BCUT2D eigenvalue weighted by atomic mass is 10.2. The second-order valence-corrected chi connectivity index (χ2v) is 4.49. The van der Waals surface area contributed by atoms with E-state index in [2.05, 4.69) is 5.32 Å². The summed E-state index contributed by atoms with van der Waals surface area (Å²) >= 11 is 5.55. The molecule has 2 rings (SSSR count). The number of carbonyl (C=O) groups is 1. The molecular formula is C13H16ClNO3. The van der Waals surface area contributed by atoms with Crippen molar-refractivity contribution < 1.29 is 14.3 Å². The highest BCUT2D eigenvalue weighted by molar-refractivity contribution is 6.17. The van der Waals surface area contributed by atoms with Crippen molar-refractivity contribution in [3.05, 3.63) is 23.8 Å². The van der Waals surface area contributed by atoms with E-state index in [1.807, 2.05) is 18.2 Å². The van der Waals surface area contributed by atoms with Gasteiger partial charge in [-0.1, -0.05) is 6.07 Å². The molecule has 0 saturated heterocycles. The van der Waals surface area contributed by atoms with Gasteiger partial charge >= 0.3 is 0 Å². The lowest BCUT2D eigenvalue weighted by molar-refractivity contribution is -0.121. The minimum absolute atomic E-state index is 0.0535. The first kappa shape index (κ1) is 13.0. The van der Waals surface area contributed by atoms with Crippen molar-refractivity contribution in [3.8, 4) is 11.5 Å². The zero-order valence-electron chi connectivity index (χ0n) is 10.1. The van der Waals surface area contributed by atoms with Gasteiger partial charge in [-0.15, -0.1) is 11.6 Å². The molecule has 0 aromatic heterocycles. The number of ether oxygens (including phenoxy) is 2. The maximum absolute atomic E-state index is 11.5. The van der Waals surface area contributed by atoms with Gasteiger partial charge in [0.2, 0.25) is 12.7 Å². The molecule has 1 aromatic rings. The van der Waals surface area contributed by atoms with Crippen molar-refractivity contribution in [2.24, 2.45) is 0 Å². The zero-order chi connectivity index (χ0) is 12.8. The van der Waals surface area contributed by atoms with Crippen LogP contribution in [0.4, 0.5) is 0 Å². The topological polar surface area (TPSA) is 47.6 Å². The summed E-state index contributed by atoms with van der Waals surface area (Å²) in [5.41, 5.74) is 1.00. The molecule has 0 radical (unpaired) electrons. The molecule has 18 heavy (non-hydrogen) atoms. The van der Waals surface area contributed by atoms with E-state index in [9.17, 15) is 4.79 Å². The van der Waals surface area contributed by atoms with Crippen LogP contribution >= 0.6 is 11.6 Å². The third-order valence-electron chi connectivity index (χ3n) is 2.71. The molecule has 1 aromatic carbocycles. The van der Waals surface area contributed by atoms with Gasteiger partial charge in [0.1, 0.15) is 0 Å². The minimum atomic E-state index is 0.0535. The van der Waals surface area contributed by atoms with Gasteiger partial charge in [-0.3, -0.25) is 4.79 Å². The average molecular weight is 270 g/mol. The molecule has 5 heteroatoms. The minimum Gasteiger partial charge on any atom is -0.454 e. The van der Waals surface area contributed by atoms with Crippen LogP contribution in [-0.4, -0.2) is 18.6 Å². The van der Waals surface area contributed by atoms with Crippen LogP contribution in [0.2, 0.25) is 0 Å². The normalized spacial score (nSPS) is 12.5. The molecule has 0 atom stereocenters. The number of nitrogens with one attached hydrogen (secondary N) is 1. The molecule has 0 fully saturated rings.